The molecular formula is C33H35N3O8S. The second-order valence-electron chi connectivity index (χ2n) is 10.6. The first kappa shape index (κ1) is 33.0. The number of carboxylic acid groups (broad SMARTS) is 1. The summed E-state index contributed by atoms with van der Waals surface area (Å²) in [6, 6.07) is 12.5. The second kappa shape index (κ2) is 14.3. The Labute approximate surface area is 262 Å². The Morgan fingerprint density at radius 3 is 2.44 bits per heavy atom. The lowest BCUT2D eigenvalue weighted by Gasteiger charge is -2.24. The van der Waals surface area contributed by atoms with E-state index in [2.05, 4.69) is 22.1 Å². The van der Waals surface area contributed by atoms with Gasteiger partial charge in [0.2, 0.25) is 5.91 Å². The van der Waals surface area contributed by atoms with E-state index in [-0.39, 0.29) is 29.2 Å². The van der Waals surface area contributed by atoms with Gasteiger partial charge in [-0.2, -0.15) is 0 Å². The van der Waals surface area contributed by atoms with E-state index in [1.165, 1.54) is 12.1 Å². The first-order chi connectivity index (χ1) is 21.4. The van der Waals surface area contributed by atoms with Gasteiger partial charge in [0.15, 0.2) is 9.84 Å². The molecule has 0 radical (unpaired) electrons. The maximum absolute atomic E-state index is 12.5. The molecule has 2 N–H and O–H groups in total. The summed E-state index contributed by atoms with van der Waals surface area (Å²) < 4.78 is 36.0. The molecule has 45 heavy (non-hydrogen) atoms. The van der Waals surface area contributed by atoms with Crippen molar-refractivity contribution in [1.29, 1.82) is 0 Å². The molecular weight excluding hydrogens is 598 g/mol. The number of aromatic nitrogens is 1. The number of ether oxygens (including phenoxy) is 2. The first-order valence-electron chi connectivity index (χ1n) is 14.5. The smallest absolute Gasteiger partial charge is 0.411 e. The van der Waals surface area contributed by atoms with Crippen molar-refractivity contribution < 1.29 is 37.4 Å². The van der Waals surface area contributed by atoms with Gasteiger partial charge in [0.25, 0.3) is 0 Å². The summed E-state index contributed by atoms with van der Waals surface area (Å²) in [5.74, 6) is 5.25. The highest BCUT2D eigenvalue weighted by Gasteiger charge is 2.32. The van der Waals surface area contributed by atoms with Gasteiger partial charge in [0.1, 0.15) is 17.2 Å². The molecule has 12 heteroatoms. The van der Waals surface area contributed by atoms with E-state index in [9.17, 15) is 27.9 Å². The van der Waals surface area contributed by atoms with Crippen molar-refractivity contribution in [3.05, 3.63) is 77.1 Å². The number of aliphatic carboxylic acids is 1. The van der Waals surface area contributed by atoms with Crippen molar-refractivity contribution in [3.8, 4) is 23.3 Å². The third-order valence-electron chi connectivity index (χ3n) is 7.42. The summed E-state index contributed by atoms with van der Waals surface area (Å²) in [6.45, 7) is 5.04. The van der Waals surface area contributed by atoms with Gasteiger partial charge in [-0.15, -0.1) is 0 Å². The van der Waals surface area contributed by atoms with E-state index < -0.39 is 27.8 Å². The average Bonchev–Trinajstić information content (AvgIpc) is 3.35. The lowest BCUT2D eigenvalue weighted by molar-refractivity contribution is -0.141. The number of nitrogens with one attached hydrogen (secondary N) is 1. The molecule has 0 bridgehead atoms. The number of hydrogen-bond donors (Lipinski definition) is 2. The molecule has 236 valence electrons. The van der Waals surface area contributed by atoms with Crippen LogP contribution in [0.25, 0.3) is 0 Å². The number of hydrogen-bond acceptors (Lipinski definition) is 8. The molecule has 2 aromatic carbocycles. The minimum absolute atomic E-state index is 0.0314. The number of carbonyl (C=O) groups is 3. The van der Waals surface area contributed by atoms with Gasteiger partial charge in [-0.3, -0.25) is 14.9 Å². The zero-order valence-corrected chi connectivity index (χ0v) is 26.3. The van der Waals surface area contributed by atoms with Crippen molar-refractivity contribution >= 4 is 33.5 Å². The fraction of sp³-hybridized carbons (Fsp3) is 0.333. The molecule has 3 aromatic rings. The van der Waals surface area contributed by atoms with Gasteiger partial charge in [0.05, 0.1) is 40.5 Å². The number of rotatable bonds is 10. The van der Waals surface area contributed by atoms with E-state index in [1.54, 1.807) is 75.3 Å². The van der Waals surface area contributed by atoms with Crippen LogP contribution in [0.2, 0.25) is 0 Å². The largest absolute Gasteiger partial charge is 0.481 e. The van der Waals surface area contributed by atoms with E-state index >= 15 is 0 Å². The van der Waals surface area contributed by atoms with Gasteiger partial charge >= 0.3 is 12.1 Å². The van der Waals surface area contributed by atoms with Crippen LogP contribution in [0.5, 0.6) is 11.5 Å². The van der Waals surface area contributed by atoms with Crippen LogP contribution in [0.4, 0.5) is 10.5 Å². The average molecular weight is 634 g/mol. The van der Waals surface area contributed by atoms with Crippen LogP contribution in [0.1, 0.15) is 62.0 Å². The Kier molecular flexibility index (Phi) is 10.5. The minimum Gasteiger partial charge on any atom is -0.481 e. The molecule has 1 saturated heterocycles. The molecule has 0 spiro atoms. The Hall–Kier alpha value is -4.89. The monoisotopic (exact) mass is 633 g/mol. The molecule has 1 aromatic heterocycles. The fourth-order valence-corrected chi connectivity index (χ4v) is 5.68. The summed E-state index contributed by atoms with van der Waals surface area (Å²) in [5.41, 5.74) is 2.52. The van der Waals surface area contributed by atoms with Crippen LogP contribution < -0.4 is 10.1 Å². The number of carbonyl (C=O) groups excluding carboxylic acids is 2. The quantitative estimate of drug-likeness (QED) is 0.287. The number of anilines is 1. The van der Waals surface area contributed by atoms with Gasteiger partial charge in [-0.25, -0.2) is 18.2 Å². The van der Waals surface area contributed by atoms with Crippen LogP contribution in [-0.4, -0.2) is 60.8 Å². The summed E-state index contributed by atoms with van der Waals surface area (Å²) in [4.78, 5) is 42.3. The van der Waals surface area contributed by atoms with Crippen LogP contribution in [0.15, 0.2) is 59.6 Å². The van der Waals surface area contributed by atoms with Crippen molar-refractivity contribution in [1.82, 2.24) is 9.88 Å². The van der Waals surface area contributed by atoms with Gasteiger partial charge in [0, 0.05) is 25.2 Å². The molecule has 2 unspecified atom stereocenters. The number of pyridine rings is 1. The predicted octanol–water partition coefficient (Wildman–Crippen LogP) is 5.19. The van der Waals surface area contributed by atoms with Crippen LogP contribution in [0, 0.1) is 17.8 Å². The maximum atomic E-state index is 12.5. The van der Waals surface area contributed by atoms with Gasteiger partial charge in [-0.05, 0) is 73.7 Å². The van der Waals surface area contributed by atoms with Crippen LogP contribution in [0.3, 0.4) is 0 Å². The minimum atomic E-state index is -3.40. The summed E-state index contributed by atoms with van der Waals surface area (Å²) in [6.07, 6.45) is 2.10. The van der Waals surface area contributed by atoms with Crippen LogP contribution in [-0.2, 0) is 30.6 Å². The summed E-state index contributed by atoms with van der Waals surface area (Å²) in [5, 5.41) is 11.9. The third kappa shape index (κ3) is 8.19. The standard InChI is InChI=1S/C33H35N3O8S/c1-5-43-33(40)35-28-19-27(29-15-16-31(37)36(29)4)30(44-25-11-13-26(14-12-25)45(41,42)6-2)18-23(28)8-10-24-9-7-22(20-34-24)17-21(3)32(38)39/h7,9,11-14,18-21,29H,5-6,15-17H2,1-4H3,(H,35,40)(H,38,39). The highest BCUT2D eigenvalue weighted by atomic mass is 32.2. The molecule has 4 rings (SSSR count). The highest BCUT2D eigenvalue weighted by Crippen LogP contribution is 2.41. The fourth-order valence-electron chi connectivity index (χ4n) is 4.80. The normalized spacial score (nSPS) is 15.2. The molecule has 1 fully saturated rings. The molecule has 0 aliphatic carbocycles. The second-order valence-corrected chi connectivity index (χ2v) is 12.8. The third-order valence-corrected chi connectivity index (χ3v) is 9.17. The van der Waals surface area contributed by atoms with E-state index in [0.717, 1.165) is 5.56 Å². The number of likely N-dealkylation sites (tertiary alicyclic amines) is 1. The zero-order chi connectivity index (χ0) is 32.7. The SMILES string of the molecule is CCOC(=O)Nc1cc(C2CCC(=O)N2C)c(Oc2ccc(S(=O)(=O)CC)cc2)cc1C#Cc1ccc(CC(C)C(=O)O)cn1. The van der Waals surface area contributed by atoms with Crippen LogP contribution >= 0.6 is 0 Å². The van der Waals surface area contributed by atoms with E-state index in [1.807, 2.05) is 0 Å². The number of carboxylic acids is 1. The molecule has 2 atom stereocenters. The molecule has 2 amide bonds. The molecule has 2 heterocycles. The lowest BCUT2D eigenvalue weighted by atomic mass is 9.99. The van der Waals surface area contributed by atoms with Gasteiger partial charge < -0.3 is 19.5 Å². The van der Waals surface area contributed by atoms with E-state index in [0.29, 0.717) is 53.3 Å². The topological polar surface area (TPSA) is 152 Å². The van der Waals surface area contributed by atoms with Crippen molar-refractivity contribution in [2.75, 3.05) is 24.7 Å². The molecule has 0 saturated carbocycles. The summed E-state index contributed by atoms with van der Waals surface area (Å²) >= 11 is 0. The van der Waals surface area contributed by atoms with Crippen molar-refractivity contribution in [2.24, 2.45) is 5.92 Å². The molecule has 1 aliphatic rings. The predicted molar refractivity (Wildman–Crippen MR) is 167 cm³/mol. The number of sulfone groups is 1. The summed E-state index contributed by atoms with van der Waals surface area (Å²) in [7, 11) is -1.70. The lowest BCUT2D eigenvalue weighted by Crippen LogP contribution is -2.23. The zero-order valence-electron chi connectivity index (χ0n) is 25.5. The first-order valence-corrected chi connectivity index (χ1v) is 16.1. The molecule has 11 nitrogen and oxygen atoms in total. The molecule has 1 aliphatic heterocycles. The number of nitrogens with zero attached hydrogens (tertiary/aromatic N) is 2. The van der Waals surface area contributed by atoms with E-state index in [4.69, 9.17) is 9.47 Å². The Balaban J connectivity index is 1.77. The highest BCUT2D eigenvalue weighted by molar-refractivity contribution is 7.91. The number of amides is 2. The van der Waals surface area contributed by atoms with Gasteiger partial charge in [-0.1, -0.05) is 25.8 Å². The Morgan fingerprint density at radius 2 is 1.87 bits per heavy atom. The number of benzene rings is 2. The Bertz CT molecular complexity index is 1740. The Morgan fingerprint density at radius 1 is 1.13 bits per heavy atom. The van der Waals surface area contributed by atoms with Crippen molar-refractivity contribution in [3.63, 3.8) is 0 Å². The van der Waals surface area contributed by atoms with Crippen molar-refractivity contribution in [2.45, 2.75) is 51.0 Å². The maximum Gasteiger partial charge on any atom is 0.411 e.